The Kier molecular flexibility index (Phi) is 6.69. The van der Waals surface area contributed by atoms with Crippen LogP contribution in [0.1, 0.15) is 69.7 Å². The van der Waals surface area contributed by atoms with Crippen molar-refractivity contribution in [3.63, 3.8) is 0 Å². The fourth-order valence-electron chi connectivity index (χ4n) is 5.65. The molecule has 1 atom stereocenters. The van der Waals surface area contributed by atoms with E-state index in [1.165, 1.54) is 17.2 Å². The van der Waals surface area contributed by atoms with Crippen LogP contribution >= 0.6 is 0 Å². The van der Waals surface area contributed by atoms with Crippen LogP contribution in [0.4, 0.5) is 10.5 Å². The summed E-state index contributed by atoms with van der Waals surface area (Å²) in [5, 5.41) is 6.92. The van der Waals surface area contributed by atoms with E-state index in [1.54, 1.807) is 10.9 Å². The molecule has 0 bridgehead atoms. The number of aromatic nitrogens is 2. The predicted octanol–water partition coefficient (Wildman–Crippen LogP) is 4.10. The van der Waals surface area contributed by atoms with Crippen molar-refractivity contribution in [3.05, 3.63) is 40.6 Å². The van der Waals surface area contributed by atoms with Crippen LogP contribution in [0.2, 0.25) is 6.32 Å². The third kappa shape index (κ3) is 5.18. The number of sulfonamides is 1. The van der Waals surface area contributed by atoms with Crippen LogP contribution in [0.3, 0.4) is 0 Å². The predicted molar refractivity (Wildman–Crippen MR) is 142 cm³/mol. The number of carbonyl (C=O) groups excluding carboxylic acids is 1. The number of hydrogen-bond donors (Lipinski definition) is 2. The lowest BCUT2D eigenvalue weighted by atomic mass is 9.78. The number of hydrogen-bond acceptors (Lipinski definition) is 6. The Hall–Kier alpha value is -2.37. The van der Waals surface area contributed by atoms with Gasteiger partial charge in [-0.05, 0) is 107 Å². The molecule has 37 heavy (non-hydrogen) atoms. The van der Waals surface area contributed by atoms with E-state index < -0.39 is 27.3 Å². The molecule has 200 valence electrons. The minimum atomic E-state index is -4.12. The first-order valence-electron chi connectivity index (χ1n) is 13.2. The van der Waals surface area contributed by atoms with Gasteiger partial charge in [-0.1, -0.05) is 13.0 Å². The van der Waals surface area contributed by atoms with Gasteiger partial charge in [-0.25, -0.2) is 9.52 Å². The van der Waals surface area contributed by atoms with Crippen molar-refractivity contribution >= 4 is 28.9 Å². The van der Waals surface area contributed by atoms with Crippen molar-refractivity contribution < 1.29 is 22.5 Å². The molecule has 2 amide bonds. The monoisotopic (exact) mass is 528 g/mol. The second-order valence-corrected chi connectivity index (χ2v) is 13.3. The maximum atomic E-state index is 12.9. The largest absolute Gasteiger partial charge is 0.458 e. The second kappa shape index (κ2) is 9.43. The minimum absolute atomic E-state index is 0.128. The quantitative estimate of drug-likeness (QED) is 0.524. The van der Waals surface area contributed by atoms with Gasteiger partial charge in [0.2, 0.25) is 0 Å². The number of nitrogens with one attached hydrogen (secondary N) is 2. The summed E-state index contributed by atoms with van der Waals surface area (Å²) in [5.41, 5.74) is 4.85. The highest BCUT2D eigenvalue weighted by molar-refractivity contribution is 7.90. The molecule has 1 saturated heterocycles. The summed E-state index contributed by atoms with van der Waals surface area (Å²) in [6.45, 7) is 10.6. The Morgan fingerprint density at radius 1 is 1.08 bits per heavy atom. The van der Waals surface area contributed by atoms with E-state index in [0.717, 1.165) is 55.3 Å². The molecule has 2 aliphatic carbocycles. The van der Waals surface area contributed by atoms with Gasteiger partial charge in [0.05, 0.1) is 11.2 Å². The highest BCUT2D eigenvalue weighted by Crippen LogP contribution is 2.39. The number of benzene rings is 1. The van der Waals surface area contributed by atoms with Gasteiger partial charge in [-0.2, -0.15) is 13.5 Å². The third-order valence-corrected chi connectivity index (χ3v) is 9.45. The van der Waals surface area contributed by atoms with E-state index in [9.17, 15) is 13.2 Å². The van der Waals surface area contributed by atoms with E-state index >= 15 is 0 Å². The van der Waals surface area contributed by atoms with E-state index in [4.69, 9.17) is 9.31 Å². The van der Waals surface area contributed by atoms with Gasteiger partial charge in [0.15, 0.2) is 5.03 Å². The normalized spacial score (nSPS) is 20.5. The van der Waals surface area contributed by atoms with Crippen LogP contribution in [-0.4, -0.2) is 42.5 Å². The molecule has 1 aliphatic heterocycles. The minimum Gasteiger partial charge on any atom is -0.403 e. The topological polar surface area (TPSA) is 112 Å². The maximum absolute atomic E-state index is 12.9. The molecule has 1 aromatic heterocycles. The molecule has 0 radical (unpaired) electrons. The number of amides is 2. The molecule has 3 aliphatic rings. The lowest BCUT2D eigenvalue weighted by molar-refractivity contribution is 0.00578. The average molecular weight is 528 g/mol. The van der Waals surface area contributed by atoms with Gasteiger partial charge in [-0.3, -0.25) is 4.68 Å². The first-order chi connectivity index (χ1) is 17.3. The van der Waals surface area contributed by atoms with Crippen LogP contribution in [0.15, 0.2) is 23.4 Å². The third-order valence-electron chi connectivity index (χ3n) is 8.23. The number of nitrogens with zero attached hydrogens (tertiary/aromatic N) is 2. The number of fused-ring (bicyclic) bond motifs is 2. The number of urea groups is 1. The Morgan fingerprint density at radius 2 is 1.68 bits per heavy atom. The molecular weight excluding hydrogens is 491 g/mol. The number of carbonyl (C=O) groups is 1. The van der Waals surface area contributed by atoms with Crippen molar-refractivity contribution in [1.29, 1.82) is 0 Å². The standard InChI is InChI=1S/C26H37BN4O5S/c1-17(15-27-35-25(2,3)26(4,5)36-27)16-31-13-12-22(29-31)37(33,34)30-24(32)28-23-20-10-6-8-18(20)14-19-9-7-11-21(19)23/h12-14,17H,6-11,15-16H2,1-5H3,(H2,28,30,32). The van der Waals surface area contributed by atoms with Gasteiger partial charge < -0.3 is 14.6 Å². The summed E-state index contributed by atoms with van der Waals surface area (Å²) < 4.78 is 41.8. The number of aryl methyl sites for hydroxylation is 2. The van der Waals surface area contributed by atoms with Crippen LogP contribution in [0.5, 0.6) is 0 Å². The van der Waals surface area contributed by atoms with E-state index in [2.05, 4.69) is 21.2 Å². The zero-order valence-corrected chi connectivity index (χ0v) is 23.2. The molecule has 11 heteroatoms. The lowest BCUT2D eigenvalue weighted by Gasteiger charge is -2.32. The molecule has 2 N–H and O–H groups in total. The van der Waals surface area contributed by atoms with E-state index in [-0.39, 0.29) is 18.1 Å². The fraction of sp³-hybridized carbons (Fsp3) is 0.615. The summed E-state index contributed by atoms with van der Waals surface area (Å²) >= 11 is 0. The molecule has 9 nitrogen and oxygen atoms in total. The summed E-state index contributed by atoms with van der Waals surface area (Å²) in [5.74, 6) is 0.128. The van der Waals surface area contributed by atoms with Crippen LogP contribution < -0.4 is 10.0 Å². The van der Waals surface area contributed by atoms with Gasteiger partial charge >= 0.3 is 13.1 Å². The van der Waals surface area contributed by atoms with Crippen molar-refractivity contribution in [3.8, 4) is 0 Å². The SMILES string of the molecule is CC(CB1OC(C)(C)C(C)(C)O1)Cn1ccc(S(=O)(=O)NC(=O)Nc2c3c(cc4c2CCC4)CCC3)n1. The van der Waals surface area contributed by atoms with Crippen molar-refractivity contribution in [2.45, 2.75) is 102 Å². The Labute approximate surface area is 219 Å². The average Bonchev–Trinajstić information content (AvgIpc) is 3.54. The summed E-state index contributed by atoms with van der Waals surface area (Å²) in [6.07, 6.45) is 8.18. The zero-order valence-electron chi connectivity index (χ0n) is 22.4. The smallest absolute Gasteiger partial charge is 0.403 e. The zero-order chi connectivity index (χ0) is 26.6. The van der Waals surface area contributed by atoms with Crippen LogP contribution in [0, 0.1) is 5.92 Å². The van der Waals surface area contributed by atoms with Crippen LogP contribution in [-0.2, 0) is 51.6 Å². The molecule has 0 spiro atoms. The Balaban J connectivity index is 1.21. The summed E-state index contributed by atoms with van der Waals surface area (Å²) in [6, 6.07) is 2.93. The highest BCUT2D eigenvalue weighted by Gasteiger charge is 2.51. The van der Waals surface area contributed by atoms with Crippen molar-refractivity contribution in [2.24, 2.45) is 5.92 Å². The molecular formula is C26H37BN4O5S. The maximum Gasteiger partial charge on any atom is 0.458 e. The molecule has 1 aromatic carbocycles. The van der Waals surface area contributed by atoms with E-state index in [1.807, 2.05) is 34.6 Å². The Morgan fingerprint density at radius 3 is 2.27 bits per heavy atom. The number of rotatable bonds is 7. The molecule has 2 aromatic rings. The fourth-order valence-corrected chi connectivity index (χ4v) is 6.50. The van der Waals surface area contributed by atoms with E-state index in [0.29, 0.717) is 12.9 Å². The summed E-state index contributed by atoms with van der Waals surface area (Å²) in [7, 11) is -4.45. The summed E-state index contributed by atoms with van der Waals surface area (Å²) in [4.78, 5) is 12.8. The molecule has 1 unspecified atom stereocenters. The molecule has 2 heterocycles. The molecule has 0 saturated carbocycles. The van der Waals surface area contributed by atoms with Crippen molar-refractivity contribution in [1.82, 2.24) is 14.5 Å². The van der Waals surface area contributed by atoms with Gasteiger partial charge in [-0.15, -0.1) is 0 Å². The lowest BCUT2D eigenvalue weighted by Crippen LogP contribution is -2.41. The number of anilines is 1. The Bertz CT molecular complexity index is 1270. The molecule has 1 fully saturated rings. The van der Waals surface area contributed by atoms with Gasteiger partial charge in [0.25, 0.3) is 10.0 Å². The first kappa shape index (κ1) is 26.3. The highest BCUT2D eigenvalue weighted by atomic mass is 32.2. The van der Waals surface area contributed by atoms with Crippen molar-refractivity contribution in [2.75, 3.05) is 5.32 Å². The van der Waals surface area contributed by atoms with Gasteiger partial charge in [0, 0.05) is 18.4 Å². The van der Waals surface area contributed by atoms with Crippen LogP contribution in [0.25, 0.3) is 0 Å². The first-order valence-corrected chi connectivity index (χ1v) is 14.7. The molecule has 5 rings (SSSR count). The van der Waals surface area contributed by atoms with Gasteiger partial charge in [0.1, 0.15) is 0 Å². The second-order valence-electron chi connectivity index (χ2n) is 11.7.